The molecule has 94 valence electrons. The summed E-state index contributed by atoms with van der Waals surface area (Å²) in [6, 6.07) is 0.938. The van der Waals surface area contributed by atoms with Crippen molar-refractivity contribution in [2.24, 2.45) is 5.73 Å². The van der Waals surface area contributed by atoms with E-state index >= 15 is 0 Å². The van der Waals surface area contributed by atoms with E-state index in [1.165, 1.54) is 0 Å². The molecule has 1 aliphatic heterocycles. The minimum absolute atomic E-state index is 0.0512. The van der Waals surface area contributed by atoms with Gasteiger partial charge < -0.3 is 10.6 Å². The molecule has 5 nitrogen and oxygen atoms in total. The first-order valence-electron chi connectivity index (χ1n) is 5.99. The number of carbonyl (C=O) groups excluding carboxylic acids is 1. The molecule has 0 saturated carbocycles. The Morgan fingerprint density at radius 3 is 2.88 bits per heavy atom. The van der Waals surface area contributed by atoms with E-state index in [4.69, 9.17) is 10.6 Å². The Balaban J connectivity index is 2.22. The van der Waals surface area contributed by atoms with E-state index in [9.17, 15) is 4.79 Å². The lowest BCUT2D eigenvalue weighted by atomic mass is 10.1. The van der Waals surface area contributed by atoms with Crippen molar-refractivity contribution < 1.29 is 9.63 Å². The molecule has 0 radical (unpaired) electrons. The summed E-state index contributed by atoms with van der Waals surface area (Å²) in [4.78, 5) is 18.0. The molecular formula is C11H23N3O2. The molecule has 3 N–H and O–H groups in total. The molecule has 0 aromatic rings. The highest BCUT2D eigenvalue weighted by Gasteiger charge is 2.18. The predicted molar refractivity (Wildman–Crippen MR) is 62.6 cm³/mol. The van der Waals surface area contributed by atoms with Crippen molar-refractivity contribution >= 4 is 5.91 Å². The number of rotatable bonds is 5. The number of primary amides is 1. The number of amides is 1. The summed E-state index contributed by atoms with van der Waals surface area (Å²) in [6.07, 6.45) is 3.30. The number of carbonyl (C=O) groups is 1. The molecule has 1 heterocycles. The third-order valence-electron chi connectivity index (χ3n) is 2.96. The van der Waals surface area contributed by atoms with Gasteiger partial charge in [0.2, 0.25) is 5.91 Å². The van der Waals surface area contributed by atoms with Crippen LogP contribution in [0.15, 0.2) is 0 Å². The Hall–Kier alpha value is -0.650. The smallest absolute Gasteiger partial charge is 0.245 e. The third kappa shape index (κ3) is 4.92. The molecule has 1 atom stereocenters. The number of likely N-dealkylation sites (tertiary alicyclic amines) is 1. The number of nitrogens with two attached hydrogens (primary N) is 1. The summed E-state index contributed by atoms with van der Waals surface area (Å²) in [5.74, 6) is -0.440. The van der Waals surface area contributed by atoms with Gasteiger partial charge in [-0.05, 0) is 46.2 Å². The number of hydrogen-bond donors (Lipinski definition) is 2. The molecule has 16 heavy (non-hydrogen) atoms. The molecule has 0 aromatic carbocycles. The maximum absolute atomic E-state index is 10.5. The van der Waals surface area contributed by atoms with Crippen LogP contribution in [0.4, 0.5) is 0 Å². The SMILES string of the molecule is CC(C)N1CCCC(NOCC(N)=O)CC1. The van der Waals surface area contributed by atoms with Crippen LogP contribution in [-0.4, -0.2) is 42.6 Å². The molecule has 1 rings (SSSR count). The normalized spacial score (nSPS) is 23.3. The fourth-order valence-corrected chi connectivity index (χ4v) is 1.98. The number of nitrogens with zero attached hydrogens (tertiary/aromatic N) is 1. The van der Waals surface area contributed by atoms with E-state index in [1.807, 2.05) is 0 Å². The number of hydrogen-bond acceptors (Lipinski definition) is 4. The van der Waals surface area contributed by atoms with Gasteiger partial charge in [0.05, 0.1) is 0 Å². The highest BCUT2D eigenvalue weighted by Crippen LogP contribution is 2.13. The average molecular weight is 229 g/mol. The van der Waals surface area contributed by atoms with Crippen LogP contribution < -0.4 is 11.2 Å². The maximum Gasteiger partial charge on any atom is 0.245 e. The summed E-state index contributed by atoms with van der Waals surface area (Å²) >= 11 is 0. The van der Waals surface area contributed by atoms with Crippen molar-refractivity contribution in [1.29, 1.82) is 0 Å². The zero-order valence-corrected chi connectivity index (χ0v) is 10.2. The van der Waals surface area contributed by atoms with Crippen molar-refractivity contribution in [2.45, 2.75) is 45.2 Å². The summed E-state index contributed by atoms with van der Waals surface area (Å²) in [6.45, 7) is 6.61. The van der Waals surface area contributed by atoms with E-state index in [-0.39, 0.29) is 6.61 Å². The van der Waals surface area contributed by atoms with Gasteiger partial charge in [-0.1, -0.05) is 0 Å². The Kier molecular flexibility index (Phi) is 5.73. The van der Waals surface area contributed by atoms with Crippen molar-refractivity contribution in [3.05, 3.63) is 0 Å². The lowest BCUT2D eigenvalue weighted by Gasteiger charge is -2.24. The molecular weight excluding hydrogens is 206 g/mol. The lowest BCUT2D eigenvalue weighted by molar-refractivity contribution is -0.126. The van der Waals surface area contributed by atoms with Gasteiger partial charge in [0.25, 0.3) is 0 Å². The van der Waals surface area contributed by atoms with Crippen molar-refractivity contribution in [1.82, 2.24) is 10.4 Å². The van der Waals surface area contributed by atoms with Gasteiger partial charge in [0.1, 0.15) is 6.61 Å². The van der Waals surface area contributed by atoms with Crippen LogP contribution in [0.2, 0.25) is 0 Å². The van der Waals surface area contributed by atoms with Crippen LogP contribution >= 0.6 is 0 Å². The molecule has 5 heteroatoms. The van der Waals surface area contributed by atoms with Gasteiger partial charge in [0, 0.05) is 12.1 Å². The summed E-state index contributed by atoms with van der Waals surface area (Å²) in [5, 5.41) is 0. The quantitative estimate of drug-likeness (QED) is 0.663. The van der Waals surface area contributed by atoms with Gasteiger partial charge in [0.15, 0.2) is 0 Å². The zero-order valence-electron chi connectivity index (χ0n) is 10.2. The van der Waals surface area contributed by atoms with E-state index in [1.54, 1.807) is 0 Å². The summed E-state index contributed by atoms with van der Waals surface area (Å²) < 4.78 is 0. The van der Waals surface area contributed by atoms with Crippen LogP contribution in [0.1, 0.15) is 33.1 Å². The number of nitrogens with one attached hydrogen (secondary N) is 1. The fourth-order valence-electron chi connectivity index (χ4n) is 1.98. The van der Waals surface area contributed by atoms with Crippen LogP contribution in [-0.2, 0) is 9.63 Å². The lowest BCUT2D eigenvalue weighted by Crippen LogP contribution is -2.35. The van der Waals surface area contributed by atoms with E-state index in [0.717, 1.165) is 32.4 Å². The number of hydroxylamine groups is 1. The van der Waals surface area contributed by atoms with Crippen LogP contribution in [0.3, 0.4) is 0 Å². The zero-order chi connectivity index (χ0) is 12.0. The second-order valence-corrected chi connectivity index (χ2v) is 4.63. The van der Waals surface area contributed by atoms with Crippen LogP contribution in [0.5, 0.6) is 0 Å². The minimum Gasteiger partial charge on any atom is -0.368 e. The second kappa shape index (κ2) is 6.83. The highest BCUT2D eigenvalue weighted by atomic mass is 16.6. The fraction of sp³-hybridized carbons (Fsp3) is 0.909. The van der Waals surface area contributed by atoms with Gasteiger partial charge in [-0.15, -0.1) is 0 Å². The first-order chi connectivity index (χ1) is 7.59. The van der Waals surface area contributed by atoms with E-state index < -0.39 is 5.91 Å². The van der Waals surface area contributed by atoms with Gasteiger partial charge in [-0.3, -0.25) is 9.63 Å². The first-order valence-corrected chi connectivity index (χ1v) is 5.99. The van der Waals surface area contributed by atoms with Gasteiger partial charge in [-0.2, -0.15) is 5.48 Å². The van der Waals surface area contributed by atoms with Gasteiger partial charge in [-0.25, -0.2) is 0 Å². The minimum atomic E-state index is -0.440. The molecule has 1 saturated heterocycles. The molecule has 1 unspecified atom stereocenters. The summed E-state index contributed by atoms with van der Waals surface area (Å²) in [7, 11) is 0. The van der Waals surface area contributed by atoms with Gasteiger partial charge >= 0.3 is 0 Å². The highest BCUT2D eigenvalue weighted by molar-refractivity contribution is 5.74. The molecule has 1 fully saturated rings. The van der Waals surface area contributed by atoms with Crippen molar-refractivity contribution in [3.8, 4) is 0 Å². The van der Waals surface area contributed by atoms with E-state index in [0.29, 0.717) is 12.1 Å². The Morgan fingerprint density at radius 1 is 1.50 bits per heavy atom. The van der Waals surface area contributed by atoms with E-state index in [2.05, 4.69) is 24.2 Å². The molecule has 0 bridgehead atoms. The van der Waals surface area contributed by atoms with Crippen LogP contribution in [0.25, 0.3) is 0 Å². The topological polar surface area (TPSA) is 67.6 Å². The second-order valence-electron chi connectivity index (χ2n) is 4.63. The Labute approximate surface area is 97.3 Å². The standard InChI is InChI=1S/C11H23N3O2/c1-9(2)14-6-3-4-10(5-7-14)13-16-8-11(12)15/h9-10,13H,3-8H2,1-2H3,(H2,12,15). The largest absolute Gasteiger partial charge is 0.368 e. The Morgan fingerprint density at radius 2 is 2.25 bits per heavy atom. The average Bonchev–Trinajstić information content (AvgIpc) is 2.42. The molecule has 1 aliphatic rings. The molecule has 1 amide bonds. The Bertz CT molecular complexity index is 221. The molecule has 0 spiro atoms. The maximum atomic E-state index is 10.5. The molecule has 0 aliphatic carbocycles. The van der Waals surface area contributed by atoms with Crippen molar-refractivity contribution in [2.75, 3.05) is 19.7 Å². The third-order valence-corrected chi connectivity index (χ3v) is 2.96. The van der Waals surface area contributed by atoms with Crippen molar-refractivity contribution in [3.63, 3.8) is 0 Å². The summed E-state index contributed by atoms with van der Waals surface area (Å²) in [5.41, 5.74) is 7.91. The molecule has 0 aromatic heterocycles. The van der Waals surface area contributed by atoms with Crippen LogP contribution in [0, 0.1) is 0 Å². The predicted octanol–water partition coefficient (Wildman–Crippen LogP) is 0.256. The monoisotopic (exact) mass is 229 g/mol. The first kappa shape index (κ1) is 13.4.